The lowest BCUT2D eigenvalue weighted by Crippen LogP contribution is -2.20. The fourth-order valence-corrected chi connectivity index (χ4v) is 2.64. The first-order chi connectivity index (χ1) is 10.7. The summed E-state index contributed by atoms with van der Waals surface area (Å²) in [7, 11) is 0. The molecule has 3 rings (SSSR count). The SMILES string of the molecule is NCC(CO)Cc1cc(-c2ccnc3[nH]ccc23)ccc1F. The van der Waals surface area contributed by atoms with E-state index in [2.05, 4.69) is 9.97 Å². The lowest BCUT2D eigenvalue weighted by atomic mass is 9.95. The van der Waals surface area contributed by atoms with Crippen molar-refractivity contribution in [3.05, 3.63) is 54.1 Å². The average Bonchev–Trinajstić information content (AvgIpc) is 3.02. The monoisotopic (exact) mass is 299 g/mol. The predicted octanol–water partition coefficient (Wildman–Crippen LogP) is 2.48. The zero-order valence-corrected chi connectivity index (χ0v) is 12.1. The van der Waals surface area contributed by atoms with Crippen LogP contribution in [0, 0.1) is 11.7 Å². The molecule has 5 heteroatoms. The summed E-state index contributed by atoms with van der Waals surface area (Å²) < 4.78 is 14.0. The number of hydrogen-bond donors (Lipinski definition) is 3. The molecule has 0 aliphatic carbocycles. The molecule has 1 unspecified atom stereocenters. The van der Waals surface area contributed by atoms with Crippen molar-refractivity contribution >= 4 is 11.0 Å². The number of nitrogens with zero attached hydrogens (tertiary/aromatic N) is 1. The van der Waals surface area contributed by atoms with Gasteiger partial charge < -0.3 is 15.8 Å². The van der Waals surface area contributed by atoms with Crippen LogP contribution < -0.4 is 5.73 Å². The third kappa shape index (κ3) is 2.73. The number of H-pyrrole nitrogens is 1. The lowest BCUT2D eigenvalue weighted by Gasteiger charge is -2.13. The number of hydrogen-bond acceptors (Lipinski definition) is 3. The van der Waals surface area contributed by atoms with Crippen LogP contribution in [0.25, 0.3) is 22.2 Å². The Morgan fingerprint density at radius 2 is 2.14 bits per heavy atom. The maximum absolute atomic E-state index is 14.0. The topological polar surface area (TPSA) is 74.9 Å². The normalized spacial score (nSPS) is 12.7. The maximum Gasteiger partial charge on any atom is 0.137 e. The van der Waals surface area contributed by atoms with Crippen LogP contribution in [0.4, 0.5) is 4.39 Å². The van der Waals surface area contributed by atoms with Gasteiger partial charge in [-0.25, -0.2) is 9.37 Å². The molecule has 114 valence electrons. The smallest absolute Gasteiger partial charge is 0.137 e. The van der Waals surface area contributed by atoms with Gasteiger partial charge in [0.1, 0.15) is 11.5 Å². The van der Waals surface area contributed by atoms with Crippen molar-refractivity contribution in [2.45, 2.75) is 6.42 Å². The van der Waals surface area contributed by atoms with Crippen molar-refractivity contribution in [1.82, 2.24) is 9.97 Å². The molecule has 22 heavy (non-hydrogen) atoms. The van der Waals surface area contributed by atoms with Gasteiger partial charge in [0, 0.05) is 24.4 Å². The quantitative estimate of drug-likeness (QED) is 0.677. The molecule has 0 aliphatic heterocycles. The van der Waals surface area contributed by atoms with E-state index in [4.69, 9.17) is 5.73 Å². The molecule has 2 aromatic heterocycles. The highest BCUT2D eigenvalue weighted by Gasteiger charge is 2.13. The third-order valence-corrected chi connectivity index (χ3v) is 3.92. The van der Waals surface area contributed by atoms with Crippen LogP contribution in [0.2, 0.25) is 0 Å². The first kappa shape index (κ1) is 14.7. The zero-order valence-electron chi connectivity index (χ0n) is 12.1. The van der Waals surface area contributed by atoms with Crippen molar-refractivity contribution in [3.63, 3.8) is 0 Å². The Balaban J connectivity index is 2.03. The molecule has 0 fully saturated rings. The summed E-state index contributed by atoms with van der Waals surface area (Å²) in [5, 5.41) is 10.3. The Hall–Kier alpha value is -2.24. The molecule has 1 atom stereocenters. The number of nitrogens with one attached hydrogen (secondary N) is 1. The van der Waals surface area contributed by atoms with Gasteiger partial charge in [0.2, 0.25) is 0 Å². The number of aliphatic hydroxyl groups is 1. The van der Waals surface area contributed by atoms with E-state index < -0.39 is 0 Å². The zero-order chi connectivity index (χ0) is 15.5. The Bertz CT molecular complexity index is 780. The second-order valence-electron chi connectivity index (χ2n) is 5.39. The van der Waals surface area contributed by atoms with Gasteiger partial charge in [-0.3, -0.25) is 0 Å². The Morgan fingerprint density at radius 3 is 2.91 bits per heavy atom. The van der Waals surface area contributed by atoms with Crippen molar-refractivity contribution in [2.24, 2.45) is 11.7 Å². The van der Waals surface area contributed by atoms with E-state index in [0.717, 1.165) is 22.2 Å². The Kier molecular flexibility index (Phi) is 4.18. The molecule has 3 aromatic rings. The fraction of sp³-hybridized carbons (Fsp3) is 0.235. The molecule has 0 saturated heterocycles. The summed E-state index contributed by atoms with van der Waals surface area (Å²) >= 11 is 0. The van der Waals surface area contributed by atoms with Crippen LogP contribution in [-0.4, -0.2) is 28.2 Å². The Morgan fingerprint density at radius 1 is 1.27 bits per heavy atom. The average molecular weight is 299 g/mol. The van der Waals surface area contributed by atoms with Crippen LogP contribution in [-0.2, 0) is 6.42 Å². The maximum atomic E-state index is 14.0. The first-order valence-corrected chi connectivity index (χ1v) is 7.24. The molecular weight excluding hydrogens is 281 g/mol. The van der Waals surface area contributed by atoms with Crippen LogP contribution in [0.5, 0.6) is 0 Å². The largest absolute Gasteiger partial charge is 0.396 e. The lowest BCUT2D eigenvalue weighted by molar-refractivity contribution is 0.229. The number of benzene rings is 1. The minimum absolute atomic E-state index is 0.0442. The minimum atomic E-state index is -0.269. The number of pyridine rings is 1. The molecule has 0 radical (unpaired) electrons. The van der Waals surface area contributed by atoms with E-state index in [-0.39, 0.29) is 18.3 Å². The highest BCUT2D eigenvalue weighted by Crippen LogP contribution is 2.29. The second kappa shape index (κ2) is 6.25. The van der Waals surface area contributed by atoms with Crippen molar-refractivity contribution in [2.75, 3.05) is 13.2 Å². The van der Waals surface area contributed by atoms with Crippen LogP contribution >= 0.6 is 0 Å². The number of nitrogens with two attached hydrogens (primary N) is 1. The van der Waals surface area contributed by atoms with E-state index in [1.165, 1.54) is 6.07 Å². The number of aromatic nitrogens is 2. The molecular formula is C17H18FN3O. The standard InChI is InChI=1S/C17H18FN3O/c18-16-2-1-12(8-13(16)7-11(9-19)10-22)14-3-5-20-17-15(14)4-6-21-17/h1-6,8,11,22H,7,9-10,19H2,(H,20,21). The summed E-state index contributed by atoms with van der Waals surface area (Å²) in [5.41, 5.74) is 8.90. The van der Waals surface area contributed by atoms with Crippen LogP contribution in [0.3, 0.4) is 0 Å². The van der Waals surface area contributed by atoms with Gasteiger partial charge in [0.25, 0.3) is 0 Å². The van der Waals surface area contributed by atoms with E-state index >= 15 is 0 Å². The minimum Gasteiger partial charge on any atom is -0.396 e. The molecule has 0 saturated carbocycles. The van der Waals surface area contributed by atoms with Gasteiger partial charge in [0.15, 0.2) is 0 Å². The van der Waals surface area contributed by atoms with E-state index in [1.54, 1.807) is 12.3 Å². The summed E-state index contributed by atoms with van der Waals surface area (Å²) in [6, 6.07) is 8.93. The molecule has 2 heterocycles. The van der Waals surface area contributed by atoms with Gasteiger partial charge >= 0.3 is 0 Å². The van der Waals surface area contributed by atoms with Crippen molar-refractivity contribution < 1.29 is 9.50 Å². The van der Waals surface area contributed by atoms with Gasteiger partial charge in [-0.2, -0.15) is 0 Å². The third-order valence-electron chi connectivity index (χ3n) is 3.92. The summed E-state index contributed by atoms with van der Waals surface area (Å²) in [6.45, 7) is 0.287. The highest BCUT2D eigenvalue weighted by molar-refractivity contribution is 5.92. The van der Waals surface area contributed by atoms with Crippen molar-refractivity contribution in [1.29, 1.82) is 0 Å². The molecule has 4 nitrogen and oxygen atoms in total. The van der Waals surface area contributed by atoms with E-state index in [0.29, 0.717) is 18.5 Å². The predicted molar refractivity (Wildman–Crippen MR) is 84.8 cm³/mol. The number of aliphatic hydroxyl groups excluding tert-OH is 1. The van der Waals surface area contributed by atoms with Gasteiger partial charge in [-0.1, -0.05) is 6.07 Å². The summed E-state index contributed by atoms with van der Waals surface area (Å²) in [6.07, 6.45) is 3.99. The first-order valence-electron chi connectivity index (χ1n) is 7.24. The second-order valence-corrected chi connectivity index (χ2v) is 5.39. The van der Waals surface area contributed by atoms with Gasteiger partial charge in [-0.05, 0) is 59.8 Å². The molecule has 0 amide bonds. The molecule has 4 N–H and O–H groups in total. The van der Waals surface area contributed by atoms with Crippen LogP contribution in [0.15, 0.2) is 42.7 Å². The van der Waals surface area contributed by atoms with Crippen molar-refractivity contribution in [3.8, 4) is 11.1 Å². The Labute approximate surface area is 127 Å². The molecule has 0 bridgehead atoms. The van der Waals surface area contributed by atoms with E-state index in [9.17, 15) is 9.50 Å². The number of halogens is 1. The van der Waals surface area contributed by atoms with Gasteiger partial charge in [0.05, 0.1) is 0 Å². The van der Waals surface area contributed by atoms with Gasteiger partial charge in [-0.15, -0.1) is 0 Å². The number of rotatable bonds is 5. The highest BCUT2D eigenvalue weighted by atomic mass is 19.1. The summed E-state index contributed by atoms with van der Waals surface area (Å²) in [5.74, 6) is -0.399. The molecule has 1 aromatic carbocycles. The summed E-state index contributed by atoms with van der Waals surface area (Å²) in [4.78, 5) is 7.33. The van der Waals surface area contributed by atoms with Crippen LogP contribution in [0.1, 0.15) is 5.56 Å². The fourth-order valence-electron chi connectivity index (χ4n) is 2.64. The van der Waals surface area contributed by atoms with E-state index in [1.807, 2.05) is 24.4 Å². The number of fused-ring (bicyclic) bond motifs is 1. The number of aromatic amines is 1. The molecule has 0 aliphatic rings. The molecule has 0 spiro atoms.